The van der Waals surface area contributed by atoms with Gasteiger partial charge in [-0.3, -0.25) is 0 Å². The van der Waals surface area contributed by atoms with Crippen LogP contribution < -0.4 is 0 Å². The van der Waals surface area contributed by atoms with E-state index in [9.17, 15) is 22.0 Å². The Morgan fingerprint density at radius 2 is 1.44 bits per heavy atom. The summed E-state index contributed by atoms with van der Waals surface area (Å²) in [5, 5.41) is 0. The van der Waals surface area contributed by atoms with Crippen LogP contribution in [-0.4, -0.2) is 25.4 Å². The predicted octanol–water partition coefficient (Wildman–Crippen LogP) is 1.90. The van der Waals surface area contributed by atoms with Crippen LogP contribution in [0, 0.1) is 0 Å². The van der Waals surface area contributed by atoms with Crippen LogP contribution in [0.15, 0.2) is 0 Å². The molecule has 9 heavy (non-hydrogen) atoms. The molecule has 0 bridgehead atoms. The van der Waals surface area contributed by atoms with E-state index in [1.165, 1.54) is 0 Å². The van der Waals surface area contributed by atoms with Crippen molar-refractivity contribution in [2.75, 3.05) is 6.67 Å². The zero-order valence-electron chi connectivity index (χ0n) is 4.33. The van der Waals surface area contributed by atoms with E-state index < -0.39 is 25.4 Å². The van der Waals surface area contributed by atoms with Crippen molar-refractivity contribution in [2.24, 2.45) is 0 Å². The molecule has 0 aromatic rings. The summed E-state index contributed by atoms with van der Waals surface area (Å²) in [6.45, 7) is -1.70. The van der Waals surface area contributed by atoms with Gasteiger partial charge in [0.1, 0.15) is 6.67 Å². The molecular weight excluding hydrogens is 143 g/mol. The molecule has 56 valence electrons. The first-order valence-electron chi connectivity index (χ1n) is 2.22. The van der Waals surface area contributed by atoms with E-state index >= 15 is 0 Å². The molecule has 0 saturated heterocycles. The van der Waals surface area contributed by atoms with Crippen molar-refractivity contribution in [3.8, 4) is 0 Å². The third kappa shape index (κ3) is 2.62. The first-order valence-corrected chi connectivity index (χ1v) is 2.22. The van der Waals surface area contributed by atoms with Crippen LogP contribution in [-0.2, 0) is 0 Å². The summed E-state index contributed by atoms with van der Waals surface area (Å²) in [7, 11) is 0. The minimum atomic E-state index is -3.43. The maximum absolute atomic E-state index is 11.6. The fourth-order valence-corrected chi connectivity index (χ4v) is 0.243. The topological polar surface area (TPSA) is 0 Å². The SMILES string of the molecule is FCC(F)[C@H](F)C(F)F. The van der Waals surface area contributed by atoms with E-state index in [4.69, 9.17) is 0 Å². The third-order valence-electron chi connectivity index (χ3n) is 0.734. The number of hydrogen-bond donors (Lipinski definition) is 0. The van der Waals surface area contributed by atoms with Crippen LogP contribution in [0.3, 0.4) is 0 Å². The van der Waals surface area contributed by atoms with Gasteiger partial charge in [0.15, 0.2) is 12.3 Å². The Labute approximate surface area is 48.7 Å². The molecule has 0 spiro atoms. The largest absolute Gasteiger partial charge is 0.272 e. The maximum Gasteiger partial charge on any atom is 0.272 e. The second-order valence-corrected chi connectivity index (χ2v) is 1.45. The maximum atomic E-state index is 11.6. The molecule has 0 aliphatic heterocycles. The summed E-state index contributed by atoms with van der Waals surface area (Å²) in [5.41, 5.74) is 0. The van der Waals surface area contributed by atoms with Crippen molar-refractivity contribution >= 4 is 0 Å². The lowest BCUT2D eigenvalue weighted by molar-refractivity contribution is -0.00346. The first kappa shape index (κ1) is 8.65. The molecule has 0 N–H and O–H groups in total. The first-order chi connectivity index (χ1) is 4.09. The van der Waals surface area contributed by atoms with Crippen molar-refractivity contribution in [1.29, 1.82) is 0 Å². The molecule has 0 saturated carbocycles. The van der Waals surface area contributed by atoms with Gasteiger partial charge in [-0.1, -0.05) is 0 Å². The summed E-state index contributed by atoms with van der Waals surface area (Å²) < 4.78 is 56.3. The van der Waals surface area contributed by atoms with Crippen molar-refractivity contribution < 1.29 is 22.0 Å². The molecule has 0 amide bonds. The fourth-order valence-electron chi connectivity index (χ4n) is 0.243. The Kier molecular flexibility index (Phi) is 3.49. The summed E-state index contributed by atoms with van der Waals surface area (Å²) in [6.07, 6.45) is -9.12. The highest BCUT2D eigenvalue weighted by molar-refractivity contribution is 4.68. The third-order valence-corrected chi connectivity index (χ3v) is 0.734. The van der Waals surface area contributed by atoms with Crippen molar-refractivity contribution in [3.05, 3.63) is 0 Å². The predicted molar refractivity (Wildman–Crippen MR) is 21.8 cm³/mol. The van der Waals surface area contributed by atoms with Gasteiger partial charge in [-0.15, -0.1) is 0 Å². The number of alkyl halides is 5. The quantitative estimate of drug-likeness (QED) is 0.536. The second-order valence-electron chi connectivity index (χ2n) is 1.45. The van der Waals surface area contributed by atoms with E-state index in [-0.39, 0.29) is 0 Å². The monoisotopic (exact) mass is 148 g/mol. The molecule has 0 nitrogen and oxygen atoms in total. The molecule has 1 unspecified atom stereocenters. The lowest BCUT2D eigenvalue weighted by atomic mass is 10.3. The van der Waals surface area contributed by atoms with Gasteiger partial charge in [-0.05, 0) is 0 Å². The number of hydrogen-bond acceptors (Lipinski definition) is 0. The highest BCUT2D eigenvalue weighted by Crippen LogP contribution is 2.12. The van der Waals surface area contributed by atoms with Gasteiger partial charge in [0.05, 0.1) is 0 Å². The van der Waals surface area contributed by atoms with Gasteiger partial charge in [0, 0.05) is 0 Å². The lowest BCUT2D eigenvalue weighted by Gasteiger charge is -2.07. The zero-order valence-corrected chi connectivity index (χ0v) is 4.33. The number of halogens is 5. The van der Waals surface area contributed by atoms with Gasteiger partial charge in [-0.2, -0.15) is 0 Å². The van der Waals surface area contributed by atoms with E-state index in [1.807, 2.05) is 0 Å². The molecular formula is C4H5F5. The second kappa shape index (κ2) is 3.63. The van der Waals surface area contributed by atoms with E-state index in [0.29, 0.717) is 0 Å². The molecule has 0 aliphatic rings. The van der Waals surface area contributed by atoms with Gasteiger partial charge >= 0.3 is 0 Å². The van der Waals surface area contributed by atoms with Crippen molar-refractivity contribution in [1.82, 2.24) is 0 Å². The van der Waals surface area contributed by atoms with Crippen molar-refractivity contribution in [3.63, 3.8) is 0 Å². The number of rotatable bonds is 3. The van der Waals surface area contributed by atoms with Crippen LogP contribution in [0.25, 0.3) is 0 Å². The average molecular weight is 148 g/mol. The Bertz CT molecular complexity index is 73.4. The molecule has 0 aromatic carbocycles. The standard InChI is InChI=1S/C4H5F5/c5-1-2(6)3(7)4(8)9/h2-4H,1H2/t2?,3-/m0/s1. The van der Waals surface area contributed by atoms with E-state index in [2.05, 4.69) is 0 Å². The normalized spacial score (nSPS) is 18.0. The molecule has 0 fully saturated rings. The van der Waals surface area contributed by atoms with Gasteiger partial charge in [-0.25, -0.2) is 22.0 Å². The van der Waals surface area contributed by atoms with Crippen LogP contribution >= 0.6 is 0 Å². The average Bonchev–Trinajstić information content (AvgIpc) is 1.84. The van der Waals surface area contributed by atoms with Crippen molar-refractivity contribution in [2.45, 2.75) is 18.8 Å². The Morgan fingerprint density at radius 1 is 1.00 bits per heavy atom. The highest BCUT2D eigenvalue weighted by Gasteiger charge is 2.29. The van der Waals surface area contributed by atoms with E-state index in [0.717, 1.165) is 0 Å². The molecule has 0 rings (SSSR count). The van der Waals surface area contributed by atoms with Crippen LogP contribution in [0.2, 0.25) is 0 Å². The van der Waals surface area contributed by atoms with Crippen LogP contribution in [0.4, 0.5) is 22.0 Å². The van der Waals surface area contributed by atoms with E-state index in [1.54, 1.807) is 0 Å². The summed E-state index contributed by atoms with van der Waals surface area (Å²) in [5.74, 6) is 0. The zero-order chi connectivity index (χ0) is 7.44. The Balaban J connectivity index is 3.58. The lowest BCUT2D eigenvalue weighted by Crippen LogP contribution is -2.26. The minimum Gasteiger partial charge on any atom is -0.248 e. The van der Waals surface area contributed by atoms with Gasteiger partial charge < -0.3 is 0 Å². The summed E-state index contributed by atoms with van der Waals surface area (Å²) in [6, 6.07) is 0. The van der Waals surface area contributed by atoms with Crippen LogP contribution in [0.5, 0.6) is 0 Å². The van der Waals surface area contributed by atoms with Crippen LogP contribution in [0.1, 0.15) is 0 Å². The smallest absolute Gasteiger partial charge is 0.248 e. The van der Waals surface area contributed by atoms with Gasteiger partial charge in [0.25, 0.3) is 6.43 Å². The Morgan fingerprint density at radius 3 is 1.56 bits per heavy atom. The minimum absolute atomic E-state index is 1.70. The van der Waals surface area contributed by atoms with Gasteiger partial charge in [0.2, 0.25) is 0 Å². The fraction of sp³-hybridized carbons (Fsp3) is 1.00. The molecule has 0 aromatic heterocycles. The molecule has 5 heteroatoms. The molecule has 0 heterocycles. The summed E-state index contributed by atoms with van der Waals surface area (Å²) in [4.78, 5) is 0. The molecule has 0 aliphatic carbocycles. The molecule has 0 radical (unpaired) electrons. The Hall–Kier alpha value is -0.350. The highest BCUT2D eigenvalue weighted by atomic mass is 19.3. The summed E-state index contributed by atoms with van der Waals surface area (Å²) >= 11 is 0. The molecule has 2 atom stereocenters.